The van der Waals surface area contributed by atoms with Crippen LogP contribution in [-0.2, 0) is 0 Å². The first-order chi connectivity index (χ1) is 13.6. The highest BCUT2D eigenvalue weighted by atomic mass is 79.9. The van der Waals surface area contributed by atoms with Gasteiger partial charge < -0.3 is 15.4 Å². The minimum Gasteiger partial charge on any atom is -0.487 e. The van der Waals surface area contributed by atoms with Crippen LogP contribution in [0.4, 0.5) is 0 Å². The number of halogens is 1. The summed E-state index contributed by atoms with van der Waals surface area (Å²) in [6.45, 7) is 1.86. The van der Waals surface area contributed by atoms with Crippen LogP contribution in [0.5, 0.6) is 5.75 Å². The van der Waals surface area contributed by atoms with E-state index in [1.165, 1.54) is 0 Å². The Morgan fingerprint density at radius 1 is 1.25 bits per heavy atom. The molecule has 1 unspecified atom stereocenters. The number of piperidine rings is 1. The van der Waals surface area contributed by atoms with E-state index in [2.05, 4.69) is 36.8 Å². The van der Waals surface area contributed by atoms with Crippen LogP contribution in [0.3, 0.4) is 0 Å². The summed E-state index contributed by atoms with van der Waals surface area (Å²) in [5, 5.41) is 14.6. The first kappa shape index (κ1) is 17.7. The third-order valence-corrected chi connectivity index (χ3v) is 6.28. The number of ether oxygens (including phenoxy) is 1. The molecule has 0 radical (unpaired) electrons. The average molecular weight is 441 g/mol. The van der Waals surface area contributed by atoms with Gasteiger partial charge in [0.15, 0.2) is 0 Å². The Bertz CT molecular complexity index is 1040. The molecule has 2 aliphatic heterocycles. The van der Waals surface area contributed by atoms with Gasteiger partial charge in [0.2, 0.25) is 0 Å². The zero-order valence-electron chi connectivity index (χ0n) is 15.3. The van der Waals surface area contributed by atoms with Gasteiger partial charge in [0.05, 0.1) is 23.3 Å². The highest BCUT2D eigenvalue weighted by Gasteiger charge is 2.42. The molecule has 1 atom stereocenters. The minimum absolute atomic E-state index is 0.100. The fourth-order valence-electron chi connectivity index (χ4n) is 4.35. The molecule has 1 aromatic heterocycles. The number of hydrogen-bond donors (Lipinski definition) is 3. The van der Waals surface area contributed by atoms with E-state index in [9.17, 15) is 4.79 Å². The second-order valence-electron chi connectivity index (χ2n) is 7.59. The summed E-state index contributed by atoms with van der Waals surface area (Å²) in [7, 11) is 0. The lowest BCUT2D eigenvalue weighted by Gasteiger charge is -2.44. The third kappa shape index (κ3) is 3.08. The van der Waals surface area contributed by atoms with Crippen LogP contribution >= 0.6 is 15.9 Å². The highest BCUT2D eigenvalue weighted by molar-refractivity contribution is 9.10. The van der Waals surface area contributed by atoms with Crippen molar-refractivity contribution >= 4 is 32.7 Å². The number of aromatic nitrogens is 2. The first-order valence-electron chi connectivity index (χ1n) is 9.56. The maximum Gasteiger partial charge on any atom is 0.253 e. The highest BCUT2D eigenvalue weighted by Crippen LogP contribution is 2.44. The molecule has 3 N–H and O–H groups in total. The molecule has 0 saturated carbocycles. The van der Waals surface area contributed by atoms with Crippen LogP contribution in [0.15, 0.2) is 47.1 Å². The topological polar surface area (TPSA) is 79.0 Å². The van der Waals surface area contributed by atoms with E-state index in [1.807, 2.05) is 36.4 Å². The number of carbonyl (C=O) groups is 1. The fraction of sp³-hybridized carbons (Fsp3) is 0.333. The standard InChI is InChI=1S/C21H21BrN4O2/c22-14-4-5-18-16(10-14)17(11-21(28-18)6-8-23-9-7-21)25-20(27)15-3-1-2-13-12-24-26-19(13)15/h1-5,10,12,17,23H,6-9,11H2,(H,24,26)(H,25,27). The molecular formula is C21H21BrN4O2. The monoisotopic (exact) mass is 440 g/mol. The Morgan fingerprint density at radius 3 is 2.96 bits per heavy atom. The SMILES string of the molecule is O=C(NC1CC2(CCNCC2)Oc2ccc(Br)cc21)c1cccc2cn[nH]c12. The molecule has 2 aromatic carbocycles. The summed E-state index contributed by atoms with van der Waals surface area (Å²) in [4.78, 5) is 13.2. The van der Waals surface area contributed by atoms with Gasteiger partial charge in [0.1, 0.15) is 11.4 Å². The molecule has 1 saturated heterocycles. The van der Waals surface area contributed by atoms with Gasteiger partial charge in [-0.05, 0) is 50.2 Å². The van der Waals surface area contributed by atoms with E-state index in [4.69, 9.17) is 4.74 Å². The van der Waals surface area contributed by atoms with Crippen LogP contribution < -0.4 is 15.4 Å². The number of para-hydroxylation sites is 1. The Morgan fingerprint density at radius 2 is 2.11 bits per heavy atom. The van der Waals surface area contributed by atoms with Crippen molar-refractivity contribution in [1.29, 1.82) is 0 Å². The lowest BCUT2D eigenvalue weighted by atomic mass is 9.81. The Kier molecular flexibility index (Phi) is 4.36. The largest absolute Gasteiger partial charge is 0.487 e. The number of rotatable bonds is 2. The van der Waals surface area contributed by atoms with Gasteiger partial charge in [-0.3, -0.25) is 9.89 Å². The predicted molar refractivity (Wildman–Crippen MR) is 111 cm³/mol. The zero-order valence-corrected chi connectivity index (χ0v) is 16.9. The smallest absolute Gasteiger partial charge is 0.253 e. The van der Waals surface area contributed by atoms with Crippen LogP contribution in [0, 0.1) is 0 Å². The fourth-order valence-corrected chi connectivity index (χ4v) is 4.73. The second kappa shape index (κ2) is 6.90. The van der Waals surface area contributed by atoms with E-state index in [-0.39, 0.29) is 17.6 Å². The number of nitrogens with one attached hydrogen (secondary N) is 3. The normalized spacial score (nSPS) is 20.5. The third-order valence-electron chi connectivity index (χ3n) is 5.79. The van der Waals surface area contributed by atoms with Crippen molar-refractivity contribution in [2.75, 3.05) is 13.1 Å². The number of hydrogen-bond acceptors (Lipinski definition) is 4. The van der Waals surface area contributed by atoms with E-state index in [0.29, 0.717) is 5.56 Å². The maximum atomic E-state index is 13.2. The Balaban J connectivity index is 1.50. The van der Waals surface area contributed by atoms with Gasteiger partial charge in [-0.1, -0.05) is 28.1 Å². The molecule has 1 spiro atoms. The molecule has 3 aromatic rings. The van der Waals surface area contributed by atoms with Crippen molar-refractivity contribution < 1.29 is 9.53 Å². The number of aromatic amines is 1. The summed E-state index contributed by atoms with van der Waals surface area (Å²) in [6.07, 6.45) is 4.37. The molecule has 0 bridgehead atoms. The van der Waals surface area contributed by atoms with Crippen molar-refractivity contribution in [1.82, 2.24) is 20.8 Å². The van der Waals surface area contributed by atoms with Gasteiger partial charge >= 0.3 is 0 Å². The number of H-pyrrole nitrogens is 1. The summed E-state index contributed by atoms with van der Waals surface area (Å²) in [5.41, 5.74) is 2.16. The molecule has 6 nitrogen and oxygen atoms in total. The van der Waals surface area contributed by atoms with Crippen LogP contribution in [0.1, 0.15) is 41.2 Å². The van der Waals surface area contributed by atoms with Crippen molar-refractivity contribution in [2.45, 2.75) is 30.9 Å². The van der Waals surface area contributed by atoms with Crippen molar-refractivity contribution in [3.8, 4) is 5.75 Å². The lowest BCUT2D eigenvalue weighted by molar-refractivity contribution is 0.00362. The summed E-state index contributed by atoms with van der Waals surface area (Å²) in [6, 6.07) is 11.6. The van der Waals surface area contributed by atoms with Crippen molar-refractivity contribution in [2.24, 2.45) is 0 Å². The van der Waals surface area contributed by atoms with Crippen molar-refractivity contribution in [3.63, 3.8) is 0 Å². The number of fused-ring (bicyclic) bond motifs is 2. The zero-order chi connectivity index (χ0) is 19.1. The molecule has 5 rings (SSSR count). The van der Waals surface area contributed by atoms with Crippen LogP contribution in [-0.4, -0.2) is 34.8 Å². The average Bonchev–Trinajstić information content (AvgIpc) is 3.18. The van der Waals surface area contributed by atoms with E-state index in [0.717, 1.165) is 59.0 Å². The molecule has 144 valence electrons. The quantitative estimate of drug-likeness (QED) is 0.567. The molecule has 1 amide bonds. The van der Waals surface area contributed by atoms with Gasteiger partial charge in [0, 0.05) is 21.8 Å². The minimum atomic E-state index is -0.232. The van der Waals surface area contributed by atoms with E-state index < -0.39 is 0 Å². The summed E-state index contributed by atoms with van der Waals surface area (Å²) < 4.78 is 7.44. The predicted octanol–water partition coefficient (Wildman–Crippen LogP) is 3.70. The molecule has 7 heteroatoms. The lowest BCUT2D eigenvalue weighted by Crippen LogP contribution is -2.51. The number of benzene rings is 2. The van der Waals surface area contributed by atoms with Gasteiger partial charge in [-0.15, -0.1) is 0 Å². The number of carbonyl (C=O) groups excluding carboxylic acids is 1. The van der Waals surface area contributed by atoms with Crippen LogP contribution in [0.25, 0.3) is 10.9 Å². The number of nitrogens with zero attached hydrogens (tertiary/aromatic N) is 1. The van der Waals surface area contributed by atoms with Gasteiger partial charge in [-0.25, -0.2) is 0 Å². The molecular weight excluding hydrogens is 420 g/mol. The maximum absolute atomic E-state index is 13.2. The first-order valence-corrected chi connectivity index (χ1v) is 10.4. The van der Waals surface area contributed by atoms with Crippen LogP contribution in [0.2, 0.25) is 0 Å². The van der Waals surface area contributed by atoms with Gasteiger partial charge in [-0.2, -0.15) is 5.10 Å². The molecule has 28 heavy (non-hydrogen) atoms. The summed E-state index contributed by atoms with van der Waals surface area (Å²) >= 11 is 3.55. The Hall–Kier alpha value is -2.38. The molecule has 0 aliphatic carbocycles. The van der Waals surface area contributed by atoms with Crippen molar-refractivity contribution in [3.05, 3.63) is 58.2 Å². The van der Waals surface area contributed by atoms with E-state index >= 15 is 0 Å². The summed E-state index contributed by atoms with van der Waals surface area (Å²) in [5.74, 6) is 0.762. The molecule has 2 aliphatic rings. The molecule has 3 heterocycles. The Labute approximate surface area is 171 Å². The van der Waals surface area contributed by atoms with Gasteiger partial charge in [0.25, 0.3) is 5.91 Å². The van der Waals surface area contributed by atoms with E-state index in [1.54, 1.807) is 6.20 Å². The molecule has 1 fully saturated rings. The second-order valence-corrected chi connectivity index (χ2v) is 8.50. The number of amides is 1.